The van der Waals surface area contributed by atoms with Crippen molar-refractivity contribution >= 4 is 15.9 Å². The van der Waals surface area contributed by atoms with Gasteiger partial charge in [0.15, 0.2) is 0 Å². The second-order valence-corrected chi connectivity index (χ2v) is 3.50. The molecule has 0 amide bonds. The van der Waals surface area contributed by atoms with Gasteiger partial charge in [0, 0.05) is 6.61 Å². The summed E-state index contributed by atoms with van der Waals surface area (Å²) in [5.41, 5.74) is -0.410. The maximum atomic E-state index is 11.1. The van der Waals surface area contributed by atoms with E-state index < -0.39 is 5.56 Å². The van der Waals surface area contributed by atoms with E-state index in [1.807, 2.05) is 6.92 Å². The van der Waals surface area contributed by atoms with E-state index in [0.29, 0.717) is 12.4 Å². The van der Waals surface area contributed by atoms with Crippen molar-refractivity contribution in [2.75, 3.05) is 6.61 Å². The Morgan fingerprint density at radius 2 is 2.36 bits per heavy atom. The normalized spacial score (nSPS) is 10.4. The maximum Gasteiger partial charge on any atom is 0.269 e. The van der Waals surface area contributed by atoms with Gasteiger partial charge in [0.1, 0.15) is 16.9 Å². The molecule has 5 nitrogen and oxygen atoms in total. The molecule has 0 saturated heterocycles. The third-order valence-electron chi connectivity index (χ3n) is 1.48. The molecule has 1 heterocycles. The molecule has 1 aromatic heterocycles. The standard InChI is InChI=1S/C8H11BrN2O3/c1-2-3-14-4-5-10-7(12)6(9)8(13)11-5/h2-4H2,1H3,(H2,10,11,12,13). The zero-order chi connectivity index (χ0) is 10.6. The van der Waals surface area contributed by atoms with Crippen molar-refractivity contribution in [1.82, 2.24) is 9.97 Å². The van der Waals surface area contributed by atoms with Crippen molar-refractivity contribution in [3.05, 3.63) is 20.7 Å². The Balaban J connectivity index is 2.75. The minimum Gasteiger partial charge on any atom is -0.492 e. The van der Waals surface area contributed by atoms with E-state index in [1.165, 1.54) is 0 Å². The number of H-pyrrole nitrogens is 1. The zero-order valence-electron chi connectivity index (χ0n) is 7.71. The van der Waals surface area contributed by atoms with Crippen LogP contribution in [0.1, 0.15) is 19.2 Å². The number of aromatic hydroxyl groups is 1. The van der Waals surface area contributed by atoms with Gasteiger partial charge in [0.2, 0.25) is 5.88 Å². The van der Waals surface area contributed by atoms with Crippen LogP contribution in [0.25, 0.3) is 0 Å². The van der Waals surface area contributed by atoms with Crippen molar-refractivity contribution in [3.8, 4) is 5.88 Å². The highest BCUT2D eigenvalue weighted by atomic mass is 79.9. The van der Waals surface area contributed by atoms with E-state index in [1.54, 1.807) is 0 Å². The zero-order valence-corrected chi connectivity index (χ0v) is 9.30. The number of nitrogens with one attached hydrogen (secondary N) is 1. The third kappa shape index (κ3) is 2.81. The molecule has 2 N–H and O–H groups in total. The predicted octanol–water partition coefficient (Wildman–Crippen LogP) is 1.16. The Hall–Kier alpha value is -0.880. The van der Waals surface area contributed by atoms with Crippen LogP contribution in [0.15, 0.2) is 9.27 Å². The summed E-state index contributed by atoms with van der Waals surface area (Å²) in [6.45, 7) is 2.78. The average molecular weight is 263 g/mol. The summed E-state index contributed by atoms with van der Waals surface area (Å²) in [4.78, 5) is 17.3. The SMILES string of the molecule is CCCOCc1nc(O)c(Br)c(=O)[nH]1. The monoisotopic (exact) mass is 262 g/mol. The first kappa shape index (κ1) is 11.2. The van der Waals surface area contributed by atoms with Gasteiger partial charge in [-0.2, -0.15) is 4.98 Å². The van der Waals surface area contributed by atoms with Gasteiger partial charge in [-0.15, -0.1) is 0 Å². The van der Waals surface area contributed by atoms with Crippen molar-refractivity contribution < 1.29 is 9.84 Å². The smallest absolute Gasteiger partial charge is 0.269 e. The van der Waals surface area contributed by atoms with Gasteiger partial charge in [0.25, 0.3) is 5.56 Å². The van der Waals surface area contributed by atoms with Crippen molar-refractivity contribution in [2.45, 2.75) is 20.0 Å². The summed E-state index contributed by atoms with van der Waals surface area (Å²) in [6.07, 6.45) is 0.896. The number of hydrogen-bond donors (Lipinski definition) is 2. The quantitative estimate of drug-likeness (QED) is 0.799. The fraction of sp³-hybridized carbons (Fsp3) is 0.500. The molecule has 0 fully saturated rings. The van der Waals surface area contributed by atoms with Crippen molar-refractivity contribution in [2.24, 2.45) is 0 Å². The van der Waals surface area contributed by atoms with Gasteiger partial charge < -0.3 is 14.8 Å². The number of ether oxygens (including phenoxy) is 1. The van der Waals surface area contributed by atoms with Crippen LogP contribution in [0.3, 0.4) is 0 Å². The van der Waals surface area contributed by atoms with E-state index in [4.69, 9.17) is 4.74 Å². The molecule has 0 aliphatic carbocycles. The average Bonchev–Trinajstić information content (AvgIpc) is 2.14. The lowest BCUT2D eigenvalue weighted by molar-refractivity contribution is 0.115. The van der Waals surface area contributed by atoms with E-state index >= 15 is 0 Å². The van der Waals surface area contributed by atoms with Crippen LogP contribution >= 0.6 is 15.9 Å². The molecule has 6 heteroatoms. The number of aromatic amines is 1. The molecule has 0 unspecified atom stereocenters. The lowest BCUT2D eigenvalue weighted by Crippen LogP contribution is -2.13. The number of aromatic nitrogens is 2. The third-order valence-corrected chi connectivity index (χ3v) is 2.20. The summed E-state index contributed by atoms with van der Waals surface area (Å²) >= 11 is 2.90. The Kier molecular flexibility index (Phi) is 4.09. The predicted molar refractivity (Wildman–Crippen MR) is 54.2 cm³/mol. The van der Waals surface area contributed by atoms with Crippen LogP contribution in [0.5, 0.6) is 5.88 Å². The number of hydrogen-bond acceptors (Lipinski definition) is 4. The van der Waals surface area contributed by atoms with Crippen molar-refractivity contribution in [3.63, 3.8) is 0 Å². The fourth-order valence-corrected chi connectivity index (χ4v) is 1.06. The van der Waals surface area contributed by atoms with E-state index in [2.05, 4.69) is 25.9 Å². The van der Waals surface area contributed by atoms with Gasteiger partial charge in [0.05, 0.1) is 0 Å². The highest BCUT2D eigenvalue weighted by molar-refractivity contribution is 9.10. The van der Waals surface area contributed by atoms with E-state index in [-0.39, 0.29) is 17.0 Å². The largest absolute Gasteiger partial charge is 0.492 e. The molecule has 0 atom stereocenters. The molecular weight excluding hydrogens is 252 g/mol. The number of halogens is 1. The van der Waals surface area contributed by atoms with Gasteiger partial charge in [-0.25, -0.2) is 0 Å². The van der Waals surface area contributed by atoms with E-state index in [0.717, 1.165) is 6.42 Å². The first-order valence-corrected chi connectivity index (χ1v) is 4.99. The lowest BCUT2D eigenvalue weighted by atomic mass is 10.5. The van der Waals surface area contributed by atoms with Crippen LogP contribution in [0.2, 0.25) is 0 Å². The first-order valence-electron chi connectivity index (χ1n) is 4.20. The molecule has 0 bridgehead atoms. The molecule has 0 radical (unpaired) electrons. The number of rotatable bonds is 4. The van der Waals surface area contributed by atoms with Crippen LogP contribution in [-0.4, -0.2) is 21.7 Å². The van der Waals surface area contributed by atoms with Gasteiger partial charge >= 0.3 is 0 Å². The highest BCUT2D eigenvalue weighted by Crippen LogP contribution is 2.14. The molecule has 14 heavy (non-hydrogen) atoms. The molecule has 0 saturated carbocycles. The minimum absolute atomic E-state index is 0.0386. The topological polar surface area (TPSA) is 75.2 Å². The molecule has 0 aromatic carbocycles. The van der Waals surface area contributed by atoms with Crippen LogP contribution in [-0.2, 0) is 11.3 Å². The Labute approximate surface area is 89.3 Å². The van der Waals surface area contributed by atoms with Crippen LogP contribution < -0.4 is 5.56 Å². The Morgan fingerprint density at radius 3 is 2.93 bits per heavy atom. The minimum atomic E-state index is -0.410. The maximum absolute atomic E-state index is 11.1. The lowest BCUT2D eigenvalue weighted by Gasteiger charge is -2.02. The van der Waals surface area contributed by atoms with Gasteiger partial charge in [-0.3, -0.25) is 4.79 Å². The molecule has 0 spiro atoms. The molecular formula is C8H11BrN2O3. The van der Waals surface area contributed by atoms with Gasteiger partial charge in [-0.05, 0) is 22.4 Å². The molecule has 0 aliphatic rings. The molecule has 0 aliphatic heterocycles. The summed E-state index contributed by atoms with van der Waals surface area (Å²) in [6, 6.07) is 0. The van der Waals surface area contributed by atoms with E-state index in [9.17, 15) is 9.90 Å². The summed E-state index contributed by atoms with van der Waals surface area (Å²) in [5, 5.41) is 9.20. The second kappa shape index (κ2) is 5.11. The van der Waals surface area contributed by atoms with Crippen molar-refractivity contribution in [1.29, 1.82) is 0 Å². The number of nitrogens with zero attached hydrogens (tertiary/aromatic N) is 1. The molecule has 78 valence electrons. The summed E-state index contributed by atoms with van der Waals surface area (Å²) in [5.74, 6) is 0.00741. The van der Waals surface area contributed by atoms with Crippen LogP contribution in [0, 0.1) is 0 Å². The first-order chi connectivity index (χ1) is 6.65. The highest BCUT2D eigenvalue weighted by Gasteiger charge is 2.06. The van der Waals surface area contributed by atoms with Gasteiger partial charge in [-0.1, -0.05) is 6.92 Å². The summed E-state index contributed by atoms with van der Waals surface area (Å²) < 4.78 is 5.20. The Bertz CT molecular complexity index is 364. The molecule has 1 aromatic rings. The summed E-state index contributed by atoms with van der Waals surface area (Å²) in [7, 11) is 0. The second-order valence-electron chi connectivity index (χ2n) is 2.70. The fourth-order valence-electron chi connectivity index (χ4n) is 0.874. The Morgan fingerprint density at radius 1 is 1.64 bits per heavy atom. The van der Waals surface area contributed by atoms with Crippen LogP contribution in [0.4, 0.5) is 0 Å². The molecule has 1 rings (SSSR count).